The molecule has 144 valence electrons. The lowest BCUT2D eigenvalue weighted by atomic mass is 10.2. The van der Waals surface area contributed by atoms with E-state index in [1.807, 2.05) is 81.4 Å². The van der Waals surface area contributed by atoms with E-state index in [0.717, 1.165) is 15.9 Å². The van der Waals surface area contributed by atoms with Crippen molar-refractivity contribution < 1.29 is 14.1 Å². The molecule has 3 aromatic carbocycles. The molecular formula is C24H26O3P+. The fraction of sp³-hybridized carbons (Fsp3) is 0.208. The predicted molar refractivity (Wildman–Crippen MR) is 117 cm³/mol. The molecule has 0 unspecified atom stereocenters. The molecule has 4 heteroatoms. The summed E-state index contributed by atoms with van der Waals surface area (Å²) in [5.74, 6) is -0.320. The molecule has 0 radical (unpaired) electrons. The summed E-state index contributed by atoms with van der Waals surface area (Å²) in [5, 5.41) is 3.32. The van der Waals surface area contributed by atoms with Crippen LogP contribution in [0.4, 0.5) is 0 Å². The van der Waals surface area contributed by atoms with Gasteiger partial charge in [0.05, 0.1) is 12.7 Å². The normalized spacial score (nSPS) is 11.9. The molecule has 0 saturated carbocycles. The Morgan fingerprint density at radius 2 is 1.14 bits per heavy atom. The summed E-state index contributed by atoms with van der Waals surface area (Å²) in [6.45, 7) is 5.60. The van der Waals surface area contributed by atoms with Gasteiger partial charge in [-0.1, -0.05) is 36.4 Å². The third kappa shape index (κ3) is 4.16. The first-order chi connectivity index (χ1) is 13.4. The van der Waals surface area contributed by atoms with Gasteiger partial charge in [0.15, 0.2) is 0 Å². The van der Waals surface area contributed by atoms with Crippen molar-refractivity contribution in [2.75, 3.05) is 7.11 Å². The predicted octanol–water partition coefficient (Wildman–Crippen LogP) is 4.50. The van der Waals surface area contributed by atoms with Crippen LogP contribution in [-0.2, 0) is 9.26 Å². The van der Waals surface area contributed by atoms with Gasteiger partial charge < -0.3 is 4.74 Å². The molecule has 0 fully saturated rings. The van der Waals surface area contributed by atoms with Crippen molar-refractivity contribution in [3.8, 4) is 0 Å². The summed E-state index contributed by atoms with van der Waals surface area (Å²) in [4.78, 5) is 12.4. The van der Waals surface area contributed by atoms with Crippen LogP contribution in [0.1, 0.15) is 31.1 Å². The van der Waals surface area contributed by atoms with Crippen molar-refractivity contribution in [2.24, 2.45) is 0 Å². The van der Waals surface area contributed by atoms with Gasteiger partial charge in [-0.3, -0.25) is 0 Å². The maximum atomic E-state index is 12.4. The number of hydrogen-bond donors (Lipinski definition) is 0. The van der Waals surface area contributed by atoms with Crippen LogP contribution in [0.25, 0.3) is 0 Å². The highest BCUT2D eigenvalue weighted by molar-refractivity contribution is 7.91. The highest BCUT2D eigenvalue weighted by atomic mass is 31.2. The first kappa shape index (κ1) is 20.3. The summed E-state index contributed by atoms with van der Waals surface area (Å²) in [5.41, 5.74) is 0.0154. The van der Waals surface area contributed by atoms with Gasteiger partial charge in [0, 0.05) is 0 Å². The molecule has 3 aromatic rings. The Kier molecular flexibility index (Phi) is 5.98. The summed E-state index contributed by atoms with van der Waals surface area (Å²) >= 11 is 0. The Morgan fingerprint density at radius 1 is 0.714 bits per heavy atom. The molecule has 0 atom stereocenters. The average molecular weight is 393 g/mol. The van der Waals surface area contributed by atoms with Crippen LogP contribution in [0.2, 0.25) is 0 Å². The Morgan fingerprint density at radius 3 is 1.54 bits per heavy atom. The van der Waals surface area contributed by atoms with E-state index < -0.39 is 13.1 Å². The number of rotatable bonds is 5. The standard InChI is InChI=1S/C24H26O3P/c1-24(2,3)27-23(25)19-15-17-22(18-16-19)28(26-4,20-11-7-5-8-12-20)21-13-9-6-10-14-21/h5-18H,1-4H3/q+1. The molecule has 0 saturated heterocycles. The van der Waals surface area contributed by atoms with Gasteiger partial charge in [-0.25, -0.2) is 9.32 Å². The van der Waals surface area contributed by atoms with Gasteiger partial charge in [-0.15, -0.1) is 0 Å². The van der Waals surface area contributed by atoms with Gasteiger partial charge in [0.1, 0.15) is 21.5 Å². The summed E-state index contributed by atoms with van der Waals surface area (Å²) < 4.78 is 11.8. The van der Waals surface area contributed by atoms with Crippen molar-refractivity contribution in [2.45, 2.75) is 26.4 Å². The largest absolute Gasteiger partial charge is 0.456 e. The van der Waals surface area contributed by atoms with Crippen LogP contribution < -0.4 is 15.9 Å². The molecule has 0 heterocycles. The molecule has 0 spiro atoms. The second kappa shape index (κ2) is 8.26. The van der Waals surface area contributed by atoms with E-state index in [-0.39, 0.29) is 5.97 Å². The lowest BCUT2D eigenvalue weighted by Crippen LogP contribution is -2.32. The van der Waals surface area contributed by atoms with Crippen molar-refractivity contribution in [3.05, 3.63) is 90.5 Å². The highest BCUT2D eigenvalue weighted by Crippen LogP contribution is 2.55. The van der Waals surface area contributed by atoms with Crippen LogP contribution in [0, 0.1) is 0 Å². The monoisotopic (exact) mass is 393 g/mol. The number of benzene rings is 3. The maximum Gasteiger partial charge on any atom is 0.338 e. The average Bonchev–Trinajstić information content (AvgIpc) is 2.70. The quantitative estimate of drug-likeness (QED) is 0.473. The van der Waals surface area contributed by atoms with Crippen molar-refractivity contribution >= 4 is 29.4 Å². The van der Waals surface area contributed by atoms with Crippen LogP contribution in [0.3, 0.4) is 0 Å². The minimum absolute atomic E-state index is 0.320. The van der Waals surface area contributed by atoms with Gasteiger partial charge >= 0.3 is 5.97 Å². The molecule has 0 aromatic heterocycles. The second-order valence-electron chi connectivity index (χ2n) is 7.51. The summed E-state index contributed by atoms with van der Waals surface area (Å²) in [7, 11) is -0.518. The van der Waals surface area contributed by atoms with E-state index in [9.17, 15) is 4.79 Å². The molecule has 3 rings (SSSR count). The lowest BCUT2D eigenvalue weighted by Gasteiger charge is -2.24. The van der Waals surface area contributed by atoms with E-state index in [4.69, 9.17) is 9.26 Å². The van der Waals surface area contributed by atoms with Crippen molar-refractivity contribution in [1.29, 1.82) is 0 Å². The first-order valence-corrected chi connectivity index (χ1v) is 11.0. The summed E-state index contributed by atoms with van der Waals surface area (Å²) in [6, 6.07) is 28.1. The fourth-order valence-electron chi connectivity index (χ4n) is 3.18. The number of hydrogen-bond acceptors (Lipinski definition) is 3. The van der Waals surface area contributed by atoms with Gasteiger partial charge in [0.25, 0.3) is 0 Å². The van der Waals surface area contributed by atoms with Crippen LogP contribution in [-0.4, -0.2) is 18.7 Å². The minimum atomic E-state index is -2.28. The van der Waals surface area contributed by atoms with Gasteiger partial charge in [-0.2, -0.15) is 0 Å². The molecule has 3 nitrogen and oxygen atoms in total. The third-order valence-corrected chi connectivity index (χ3v) is 8.00. The number of carbonyl (C=O) groups is 1. The molecule has 0 aliphatic heterocycles. The Hall–Kier alpha value is -2.48. The van der Waals surface area contributed by atoms with Crippen LogP contribution in [0.5, 0.6) is 0 Å². The second-order valence-corrected chi connectivity index (χ2v) is 10.6. The molecule has 28 heavy (non-hydrogen) atoms. The van der Waals surface area contributed by atoms with Gasteiger partial charge in [0.2, 0.25) is 7.49 Å². The van der Waals surface area contributed by atoms with Crippen LogP contribution in [0.15, 0.2) is 84.9 Å². The van der Waals surface area contributed by atoms with Crippen molar-refractivity contribution in [1.82, 2.24) is 0 Å². The summed E-state index contributed by atoms with van der Waals surface area (Å²) in [6.07, 6.45) is 0. The highest BCUT2D eigenvalue weighted by Gasteiger charge is 2.47. The van der Waals surface area contributed by atoms with E-state index in [1.54, 1.807) is 7.11 Å². The molecule has 0 aliphatic carbocycles. The first-order valence-electron chi connectivity index (χ1n) is 9.27. The van der Waals surface area contributed by atoms with E-state index in [2.05, 4.69) is 24.3 Å². The third-order valence-electron chi connectivity index (χ3n) is 4.38. The van der Waals surface area contributed by atoms with Gasteiger partial charge in [-0.05, 0) is 69.3 Å². The number of carbonyl (C=O) groups excluding carboxylic acids is 1. The molecule has 0 amide bonds. The van der Waals surface area contributed by atoms with E-state index >= 15 is 0 Å². The topological polar surface area (TPSA) is 35.5 Å². The van der Waals surface area contributed by atoms with Crippen molar-refractivity contribution in [3.63, 3.8) is 0 Å². The molecule has 0 aliphatic rings. The zero-order valence-electron chi connectivity index (χ0n) is 16.8. The van der Waals surface area contributed by atoms with E-state index in [0.29, 0.717) is 5.56 Å². The smallest absolute Gasteiger partial charge is 0.338 e. The van der Waals surface area contributed by atoms with Crippen LogP contribution >= 0.6 is 7.49 Å². The Bertz CT molecular complexity index is 874. The Balaban J connectivity index is 2.08. The SMILES string of the molecule is CO[P+](c1ccccc1)(c1ccccc1)c1ccc(C(=O)OC(C)(C)C)cc1. The fourth-order valence-corrected chi connectivity index (χ4v) is 6.46. The number of esters is 1. The zero-order chi connectivity index (χ0) is 20.2. The molecule has 0 N–H and O–H groups in total. The number of ether oxygens (including phenoxy) is 1. The molecular weight excluding hydrogens is 367 g/mol. The zero-order valence-corrected chi connectivity index (χ0v) is 17.6. The Labute approximate surface area is 167 Å². The molecule has 0 bridgehead atoms. The lowest BCUT2D eigenvalue weighted by molar-refractivity contribution is 0.00695. The van der Waals surface area contributed by atoms with E-state index in [1.165, 1.54) is 0 Å². The maximum absolute atomic E-state index is 12.4. The minimum Gasteiger partial charge on any atom is -0.456 e.